The number of rotatable bonds is 4. The van der Waals surface area contributed by atoms with Crippen LogP contribution in [0.25, 0.3) is 0 Å². The monoisotopic (exact) mass is 316 g/mol. The molecule has 8 heteroatoms. The van der Waals surface area contributed by atoms with Crippen LogP contribution in [0.4, 0.5) is 17.1 Å². The summed E-state index contributed by atoms with van der Waals surface area (Å²) in [6.45, 7) is 3.54. The summed E-state index contributed by atoms with van der Waals surface area (Å²) in [5.41, 5.74) is 7.03. The molecular formula is C11H10Cl2N4OS. The molecule has 1 aromatic carbocycles. The highest BCUT2D eigenvalue weighted by Crippen LogP contribution is 2.47. The molecule has 19 heavy (non-hydrogen) atoms. The molecule has 1 unspecified atom stereocenters. The van der Waals surface area contributed by atoms with Crippen LogP contribution >= 0.6 is 23.2 Å². The summed E-state index contributed by atoms with van der Waals surface area (Å²) in [5.74, 6) is -0.363. The van der Waals surface area contributed by atoms with E-state index in [0.29, 0.717) is 33.5 Å². The molecule has 0 bridgehead atoms. The topological polar surface area (TPSA) is 79.8 Å². The zero-order valence-corrected chi connectivity index (χ0v) is 12.0. The second kappa shape index (κ2) is 5.83. The van der Waals surface area contributed by atoms with Crippen molar-refractivity contribution in [1.29, 1.82) is 0 Å². The minimum atomic E-state index is -0.689. The van der Waals surface area contributed by atoms with Gasteiger partial charge in [0.15, 0.2) is 0 Å². The van der Waals surface area contributed by atoms with Crippen molar-refractivity contribution in [3.63, 3.8) is 0 Å². The molecule has 0 aliphatic carbocycles. The largest absolute Gasteiger partial charge is 0.322 e. The lowest BCUT2D eigenvalue weighted by Crippen LogP contribution is -2.35. The van der Waals surface area contributed by atoms with E-state index in [0.717, 1.165) is 11.4 Å². The third-order valence-electron chi connectivity index (χ3n) is 2.45. The quantitative estimate of drug-likeness (QED) is 0.846. The molecule has 0 saturated carbocycles. The van der Waals surface area contributed by atoms with E-state index in [2.05, 4.69) is 20.6 Å². The fourth-order valence-electron chi connectivity index (χ4n) is 1.50. The number of nitrogens with two attached hydrogens (primary N) is 1. The van der Waals surface area contributed by atoms with E-state index in [1.807, 2.05) is 0 Å². The number of carbonyl (C=O) groups excluding carboxylic acids is 1. The van der Waals surface area contributed by atoms with E-state index in [1.165, 1.54) is 6.07 Å². The number of fused-ring (bicyclic) bond motifs is 1. The first kappa shape index (κ1) is 14.2. The number of nitrogens with zero attached hydrogens (tertiary/aromatic N) is 2. The third-order valence-corrected chi connectivity index (χ3v) is 3.56. The summed E-state index contributed by atoms with van der Waals surface area (Å²) in [4.78, 5) is 11.9. The molecule has 1 aliphatic rings. The number of anilines is 1. The van der Waals surface area contributed by atoms with Crippen molar-refractivity contribution in [1.82, 2.24) is 0 Å². The second-order valence-electron chi connectivity index (χ2n) is 3.80. The van der Waals surface area contributed by atoms with Crippen LogP contribution in [0.2, 0.25) is 10.0 Å². The van der Waals surface area contributed by atoms with Gasteiger partial charge in [-0.3, -0.25) is 4.79 Å². The van der Waals surface area contributed by atoms with Crippen molar-refractivity contribution < 1.29 is 4.79 Å². The number of halogens is 2. The maximum atomic E-state index is 11.9. The Morgan fingerprint density at radius 2 is 2.16 bits per heavy atom. The van der Waals surface area contributed by atoms with Gasteiger partial charge in [-0.25, -0.2) is 0 Å². The van der Waals surface area contributed by atoms with Gasteiger partial charge in [-0.2, -0.15) is 8.73 Å². The van der Waals surface area contributed by atoms with Gasteiger partial charge >= 0.3 is 0 Å². The molecular weight excluding hydrogens is 307 g/mol. The second-order valence-corrected chi connectivity index (χ2v) is 5.14. The fourth-order valence-corrected chi connectivity index (χ4v) is 2.65. The van der Waals surface area contributed by atoms with Gasteiger partial charge in [0.25, 0.3) is 0 Å². The van der Waals surface area contributed by atoms with Crippen LogP contribution in [-0.4, -0.2) is 11.9 Å². The Morgan fingerprint density at radius 3 is 2.84 bits per heavy atom. The smallest absolute Gasteiger partial charge is 0.241 e. The standard InChI is InChI=1S/C11H10Cl2N4OS/c1-2-3-7(14)11(18)15-8-5(12)4-6(13)9-10(8)17-19-16-9/h2,4,7H,1,3,14H2,(H,15,18). The van der Waals surface area contributed by atoms with E-state index in [4.69, 9.17) is 28.9 Å². The predicted octanol–water partition coefficient (Wildman–Crippen LogP) is 3.56. The molecule has 0 aromatic heterocycles. The molecule has 100 valence electrons. The molecule has 1 aromatic rings. The van der Waals surface area contributed by atoms with Crippen LogP contribution in [-0.2, 0) is 16.1 Å². The Bertz CT molecular complexity index is 626. The van der Waals surface area contributed by atoms with Crippen molar-refractivity contribution in [3.05, 3.63) is 28.8 Å². The average Bonchev–Trinajstić information content (AvgIpc) is 2.84. The Balaban J connectivity index is 2.32. The maximum Gasteiger partial charge on any atom is 0.241 e. The number of hydrogen-bond donors (Lipinski definition) is 2. The zero-order valence-electron chi connectivity index (χ0n) is 9.69. The Labute approximate surface area is 123 Å². The van der Waals surface area contributed by atoms with E-state index < -0.39 is 6.04 Å². The van der Waals surface area contributed by atoms with Gasteiger partial charge in [0.1, 0.15) is 11.4 Å². The van der Waals surface area contributed by atoms with Crippen molar-refractivity contribution in [2.24, 2.45) is 14.5 Å². The normalized spacial score (nSPS) is 13.6. The van der Waals surface area contributed by atoms with Crippen LogP contribution in [0.5, 0.6) is 0 Å². The maximum absolute atomic E-state index is 11.9. The van der Waals surface area contributed by atoms with Gasteiger partial charge in [-0.15, -0.1) is 6.58 Å². The lowest BCUT2D eigenvalue weighted by molar-refractivity contribution is -0.117. The van der Waals surface area contributed by atoms with E-state index in [9.17, 15) is 4.79 Å². The molecule has 3 N–H and O–H groups in total. The minimum absolute atomic E-state index is 0.296. The average molecular weight is 317 g/mol. The van der Waals surface area contributed by atoms with Gasteiger partial charge in [0, 0.05) is 0 Å². The molecule has 0 radical (unpaired) electrons. The van der Waals surface area contributed by atoms with Crippen molar-refractivity contribution in [2.45, 2.75) is 12.5 Å². The lowest BCUT2D eigenvalue weighted by Gasteiger charge is -2.13. The molecule has 1 atom stereocenters. The van der Waals surface area contributed by atoms with Gasteiger partial charge in [0.05, 0.1) is 33.1 Å². The summed E-state index contributed by atoms with van der Waals surface area (Å²) in [6.07, 6.45) is 1.95. The molecule has 0 saturated heterocycles. The number of benzene rings is 1. The predicted molar refractivity (Wildman–Crippen MR) is 79.4 cm³/mol. The van der Waals surface area contributed by atoms with E-state index in [1.54, 1.807) is 6.08 Å². The molecule has 5 nitrogen and oxygen atoms in total. The van der Waals surface area contributed by atoms with Gasteiger partial charge < -0.3 is 11.1 Å². The van der Waals surface area contributed by atoms with Crippen molar-refractivity contribution in [3.8, 4) is 0 Å². The Morgan fingerprint density at radius 1 is 1.47 bits per heavy atom. The first-order valence-corrected chi connectivity index (χ1v) is 6.80. The van der Waals surface area contributed by atoms with Crippen molar-refractivity contribution in [2.75, 3.05) is 5.32 Å². The molecule has 2 rings (SSSR count). The Hall–Kier alpha value is -1.21. The highest BCUT2D eigenvalue weighted by atomic mass is 35.5. The molecule has 0 spiro atoms. The number of nitrogens with one attached hydrogen (secondary N) is 1. The van der Waals surface area contributed by atoms with Crippen molar-refractivity contribution >= 4 is 57.5 Å². The van der Waals surface area contributed by atoms with Crippen LogP contribution in [0, 0.1) is 0 Å². The molecule has 1 aliphatic heterocycles. The first-order valence-electron chi connectivity index (χ1n) is 5.32. The van der Waals surface area contributed by atoms with Gasteiger partial charge in [-0.05, 0) is 12.5 Å². The van der Waals surface area contributed by atoms with Gasteiger partial charge in [0.2, 0.25) is 5.91 Å². The van der Waals surface area contributed by atoms with E-state index in [-0.39, 0.29) is 5.91 Å². The number of amides is 1. The first-order chi connectivity index (χ1) is 9.04. The SMILES string of the molecule is C=CCC(N)C(=O)Nc1c(Cl)cc(Cl)c2c1N=S=N2. The van der Waals surface area contributed by atoms with Crippen LogP contribution < -0.4 is 11.1 Å². The van der Waals surface area contributed by atoms with Gasteiger partial charge in [-0.1, -0.05) is 29.3 Å². The highest BCUT2D eigenvalue weighted by Gasteiger charge is 2.21. The Kier molecular flexibility index (Phi) is 4.36. The number of hydrogen-bond acceptors (Lipinski definition) is 4. The summed E-state index contributed by atoms with van der Waals surface area (Å²) in [7, 11) is 0. The van der Waals surface area contributed by atoms with Crippen LogP contribution in [0.1, 0.15) is 6.42 Å². The lowest BCUT2D eigenvalue weighted by atomic mass is 10.2. The summed E-state index contributed by atoms with van der Waals surface area (Å²) in [6, 6.07) is 0.826. The summed E-state index contributed by atoms with van der Waals surface area (Å²) in [5, 5.41) is 3.34. The molecule has 0 fully saturated rings. The third kappa shape index (κ3) is 2.87. The van der Waals surface area contributed by atoms with E-state index >= 15 is 0 Å². The summed E-state index contributed by atoms with van der Waals surface area (Å²) < 4.78 is 8.13. The fraction of sp³-hybridized carbons (Fsp3) is 0.182. The molecule has 1 amide bonds. The highest BCUT2D eigenvalue weighted by molar-refractivity contribution is 7.58. The van der Waals surface area contributed by atoms with Crippen LogP contribution in [0.3, 0.4) is 0 Å². The van der Waals surface area contributed by atoms with Crippen LogP contribution in [0.15, 0.2) is 27.4 Å². The summed E-state index contributed by atoms with van der Waals surface area (Å²) >= 11 is 13.1. The zero-order chi connectivity index (χ0) is 14.0. The molecule has 1 heterocycles. The number of carbonyl (C=O) groups is 1. The minimum Gasteiger partial charge on any atom is -0.322 e.